The molecule has 4 heteroatoms. The summed E-state index contributed by atoms with van der Waals surface area (Å²) in [6.07, 6.45) is 3.16. The van der Waals surface area contributed by atoms with Crippen LogP contribution < -0.4 is 9.47 Å². The minimum atomic E-state index is 0.465. The van der Waals surface area contributed by atoms with E-state index in [0.29, 0.717) is 24.7 Å². The molecule has 0 bridgehead atoms. The first-order valence-corrected chi connectivity index (χ1v) is 7.73. The highest BCUT2D eigenvalue weighted by molar-refractivity contribution is 9.10. The minimum absolute atomic E-state index is 0.465. The Labute approximate surface area is 138 Å². The SMILES string of the molecule is CCOc1cc(/C=C/C#N)cc(Br)c1OCc1ccccc1. The summed E-state index contributed by atoms with van der Waals surface area (Å²) in [5.74, 6) is 1.32. The van der Waals surface area contributed by atoms with Crippen LogP contribution in [0.5, 0.6) is 11.5 Å². The summed E-state index contributed by atoms with van der Waals surface area (Å²) in [4.78, 5) is 0. The zero-order chi connectivity index (χ0) is 15.8. The fourth-order valence-corrected chi connectivity index (χ4v) is 2.52. The fraction of sp³-hybridized carbons (Fsp3) is 0.167. The number of benzene rings is 2. The molecule has 0 unspecified atom stereocenters. The van der Waals surface area contributed by atoms with Crippen molar-refractivity contribution in [1.29, 1.82) is 5.26 Å². The van der Waals surface area contributed by atoms with E-state index in [1.54, 1.807) is 6.08 Å². The van der Waals surface area contributed by atoms with E-state index >= 15 is 0 Å². The molecule has 0 aliphatic rings. The van der Waals surface area contributed by atoms with Gasteiger partial charge in [0.1, 0.15) is 6.61 Å². The maximum Gasteiger partial charge on any atom is 0.175 e. The van der Waals surface area contributed by atoms with Gasteiger partial charge < -0.3 is 9.47 Å². The second-order valence-corrected chi connectivity index (χ2v) is 5.35. The van der Waals surface area contributed by atoms with Gasteiger partial charge >= 0.3 is 0 Å². The lowest BCUT2D eigenvalue weighted by Crippen LogP contribution is -2.01. The van der Waals surface area contributed by atoms with Gasteiger partial charge in [-0.3, -0.25) is 0 Å². The van der Waals surface area contributed by atoms with Crippen molar-refractivity contribution < 1.29 is 9.47 Å². The Bertz CT molecular complexity index is 690. The minimum Gasteiger partial charge on any atom is -0.490 e. The van der Waals surface area contributed by atoms with Crippen molar-refractivity contribution in [3.8, 4) is 17.6 Å². The molecule has 0 radical (unpaired) electrons. The van der Waals surface area contributed by atoms with Crippen molar-refractivity contribution >= 4 is 22.0 Å². The van der Waals surface area contributed by atoms with Crippen LogP contribution in [0.3, 0.4) is 0 Å². The quantitative estimate of drug-likeness (QED) is 0.685. The van der Waals surface area contributed by atoms with Gasteiger partial charge in [0.25, 0.3) is 0 Å². The molecular formula is C18H16BrNO2. The molecule has 2 aromatic carbocycles. The summed E-state index contributed by atoms with van der Waals surface area (Å²) < 4.78 is 12.4. The maximum absolute atomic E-state index is 8.63. The van der Waals surface area contributed by atoms with Gasteiger partial charge in [0.15, 0.2) is 11.5 Å². The molecule has 0 aliphatic heterocycles. The summed E-state index contributed by atoms with van der Waals surface area (Å²) in [5.41, 5.74) is 1.97. The Kier molecular flexibility index (Phi) is 6.05. The molecule has 2 aromatic rings. The largest absolute Gasteiger partial charge is 0.490 e. The summed E-state index contributed by atoms with van der Waals surface area (Å²) in [6.45, 7) is 2.93. The molecule has 3 nitrogen and oxygen atoms in total. The third-order valence-corrected chi connectivity index (χ3v) is 3.50. The van der Waals surface area contributed by atoms with E-state index in [1.165, 1.54) is 6.08 Å². The summed E-state index contributed by atoms with van der Waals surface area (Å²) in [7, 11) is 0. The second kappa shape index (κ2) is 8.26. The van der Waals surface area contributed by atoms with Crippen LogP contribution >= 0.6 is 15.9 Å². The number of allylic oxidation sites excluding steroid dienone is 1. The van der Waals surface area contributed by atoms with Crippen LogP contribution in [0.1, 0.15) is 18.1 Å². The van der Waals surface area contributed by atoms with E-state index in [4.69, 9.17) is 14.7 Å². The van der Waals surface area contributed by atoms with Crippen LogP contribution in [0.2, 0.25) is 0 Å². The van der Waals surface area contributed by atoms with Crippen LogP contribution in [-0.2, 0) is 6.61 Å². The van der Waals surface area contributed by atoms with Crippen molar-refractivity contribution in [2.75, 3.05) is 6.61 Å². The lowest BCUT2D eigenvalue weighted by Gasteiger charge is -2.14. The van der Waals surface area contributed by atoms with Gasteiger partial charge in [0.05, 0.1) is 17.1 Å². The molecule has 0 saturated carbocycles. The van der Waals surface area contributed by atoms with Crippen molar-refractivity contribution in [1.82, 2.24) is 0 Å². The summed E-state index contributed by atoms with van der Waals surface area (Å²) >= 11 is 3.51. The molecule has 0 heterocycles. The molecule has 112 valence electrons. The lowest BCUT2D eigenvalue weighted by atomic mass is 10.2. The number of rotatable bonds is 6. The van der Waals surface area contributed by atoms with E-state index in [1.807, 2.05) is 55.5 Å². The van der Waals surface area contributed by atoms with Crippen LogP contribution in [0.15, 0.2) is 53.0 Å². The van der Waals surface area contributed by atoms with Gasteiger partial charge in [0.2, 0.25) is 0 Å². The predicted octanol–water partition coefficient (Wildman–Crippen LogP) is 4.96. The van der Waals surface area contributed by atoms with Crippen LogP contribution in [0, 0.1) is 11.3 Å². The molecule has 0 aromatic heterocycles. The van der Waals surface area contributed by atoms with Gasteiger partial charge in [-0.05, 0) is 52.2 Å². The topological polar surface area (TPSA) is 42.2 Å². The molecule has 0 amide bonds. The third kappa shape index (κ3) is 4.37. The Morgan fingerprint density at radius 3 is 2.64 bits per heavy atom. The standard InChI is InChI=1S/C18H16BrNO2/c1-2-21-17-12-15(9-6-10-20)11-16(19)18(17)22-13-14-7-4-3-5-8-14/h3-9,11-12H,2,13H2,1H3/b9-6+. The third-order valence-electron chi connectivity index (χ3n) is 2.91. The number of hydrogen-bond acceptors (Lipinski definition) is 3. The molecule has 0 spiro atoms. The number of nitrogens with zero attached hydrogens (tertiary/aromatic N) is 1. The Morgan fingerprint density at radius 1 is 1.18 bits per heavy atom. The Hall–Kier alpha value is -2.25. The highest BCUT2D eigenvalue weighted by Crippen LogP contribution is 2.37. The average Bonchev–Trinajstić information content (AvgIpc) is 2.53. The molecule has 0 N–H and O–H groups in total. The molecule has 2 rings (SSSR count). The smallest absolute Gasteiger partial charge is 0.175 e. The molecule has 0 fully saturated rings. The van der Waals surface area contributed by atoms with Crippen molar-refractivity contribution in [2.45, 2.75) is 13.5 Å². The Balaban J connectivity index is 2.25. The van der Waals surface area contributed by atoms with Crippen molar-refractivity contribution in [3.05, 3.63) is 64.1 Å². The maximum atomic E-state index is 8.63. The van der Waals surface area contributed by atoms with Crippen molar-refractivity contribution in [2.24, 2.45) is 0 Å². The number of nitriles is 1. The average molecular weight is 358 g/mol. The first-order chi connectivity index (χ1) is 10.7. The fourth-order valence-electron chi connectivity index (χ4n) is 1.95. The molecule has 0 saturated heterocycles. The van der Waals surface area contributed by atoms with Gasteiger partial charge in [-0.25, -0.2) is 0 Å². The van der Waals surface area contributed by atoms with Crippen LogP contribution in [0.4, 0.5) is 0 Å². The zero-order valence-corrected chi connectivity index (χ0v) is 13.8. The van der Waals surface area contributed by atoms with E-state index in [-0.39, 0.29) is 0 Å². The number of hydrogen-bond donors (Lipinski definition) is 0. The van der Waals surface area contributed by atoms with E-state index in [2.05, 4.69) is 15.9 Å². The summed E-state index contributed by atoms with van der Waals surface area (Å²) in [6, 6.07) is 15.7. The van der Waals surface area contributed by atoms with E-state index in [9.17, 15) is 0 Å². The molecular weight excluding hydrogens is 342 g/mol. The van der Waals surface area contributed by atoms with Gasteiger partial charge in [-0.15, -0.1) is 0 Å². The van der Waals surface area contributed by atoms with Crippen molar-refractivity contribution in [3.63, 3.8) is 0 Å². The molecule has 22 heavy (non-hydrogen) atoms. The monoisotopic (exact) mass is 357 g/mol. The van der Waals surface area contributed by atoms with Gasteiger partial charge in [-0.2, -0.15) is 5.26 Å². The van der Waals surface area contributed by atoms with Crippen LogP contribution in [0.25, 0.3) is 6.08 Å². The zero-order valence-electron chi connectivity index (χ0n) is 12.3. The first kappa shape index (κ1) is 16.1. The highest BCUT2D eigenvalue weighted by Gasteiger charge is 2.11. The molecule has 0 aliphatic carbocycles. The van der Waals surface area contributed by atoms with Gasteiger partial charge in [-0.1, -0.05) is 30.3 Å². The van der Waals surface area contributed by atoms with E-state index in [0.717, 1.165) is 15.6 Å². The number of ether oxygens (including phenoxy) is 2. The second-order valence-electron chi connectivity index (χ2n) is 4.50. The van der Waals surface area contributed by atoms with Crippen LogP contribution in [-0.4, -0.2) is 6.61 Å². The number of halogens is 1. The predicted molar refractivity (Wildman–Crippen MR) is 90.7 cm³/mol. The normalized spacial score (nSPS) is 10.4. The molecule has 0 atom stereocenters. The highest BCUT2D eigenvalue weighted by atomic mass is 79.9. The Morgan fingerprint density at radius 2 is 1.95 bits per heavy atom. The van der Waals surface area contributed by atoms with Gasteiger partial charge in [0, 0.05) is 6.08 Å². The first-order valence-electron chi connectivity index (χ1n) is 6.93. The summed E-state index contributed by atoms with van der Waals surface area (Å²) in [5, 5.41) is 8.63. The van der Waals surface area contributed by atoms with E-state index < -0.39 is 0 Å². The lowest BCUT2D eigenvalue weighted by molar-refractivity contribution is 0.267.